The Morgan fingerprint density at radius 2 is 2.20 bits per heavy atom. The summed E-state index contributed by atoms with van der Waals surface area (Å²) in [6.07, 6.45) is 2.22. The number of amides is 2. The van der Waals surface area contributed by atoms with Gasteiger partial charge in [-0.15, -0.1) is 0 Å². The van der Waals surface area contributed by atoms with Crippen molar-refractivity contribution >= 4 is 11.8 Å². The molecular weight excluding hydrogens is 258 g/mol. The number of aromatic nitrogens is 1. The first kappa shape index (κ1) is 14.3. The summed E-state index contributed by atoms with van der Waals surface area (Å²) in [5.74, 6) is 0.337. The molecule has 6 nitrogen and oxygen atoms in total. The lowest BCUT2D eigenvalue weighted by Crippen LogP contribution is -2.61. The molecule has 2 atom stereocenters. The van der Waals surface area contributed by atoms with E-state index in [4.69, 9.17) is 4.74 Å². The van der Waals surface area contributed by atoms with Crippen molar-refractivity contribution in [2.45, 2.75) is 38.9 Å². The van der Waals surface area contributed by atoms with E-state index in [2.05, 4.69) is 10.3 Å². The van der Waals surface area contributed by atoms with Gasteiger partial charge in [0.15, 0.2) is 0 Å². The zero-order valence-corrected chi connectivity index (χ0v) is 11.9. The minimum atomic E-state index is -0.468. The minimum absolute atomic E-state index is 0.0459. The summed E-state index contributed by atoms with van der Waals surface area (Å²) < 4.78 is 5.07. The van der Waals surface area contributed by atoms with Crippen molar-refractivity contribution in [3.05, 3.63) is 23.9 Å². The summed E-state index contributed by atoms with van der Waals surface area (Å²) in [5, 5.41) is 2.74. The van der Waals surface area contributed by atoms with Gasteiger partial charge in [-0.1, -0.05) is 6.92 Å². The van der Waals surface area contributed by atoms with Crippen LogP contribution in [0.15, 0.2) is 18.3 Å². The van der Waals surface area contributed by atoms with E-state index in [0.29, 0.717) is 18.8 Å². The van der Waals surface area contributed by atoms with Crippen LogP contribution in [0.2, 0.25) is 0 Å². The Morgan fingerprint density at radius 1 is 1.45 bits per heavy atom. The number of nitrogens with zero attached hydrogens (tertiary/aromatic N) is 2. The molecule has 0 aliphatic carbocycles. The fourth-order valence-corrected chi connectivity index (χ4v) is 2.24. The predicted octanol–water partition coefficient (Wildman–Crippen LogP) is 0.716. The van der Waals surface area contributed by atoms with E-state index in [1.807, 2.05) is 13.0 Å². The van der Waals surface area contributed by atoms with Crippen molar-refractivity contribution in [1.82, 2.24) is 15.2 Å². The second-order valence-electron chi connectivity index (χ2n) is 4.82. The Kier molecular flexibility index (Phi) is 4.22. The van der Waals surface area contributed by atoms with Crippen LogP contribution in [-0.2, 0) is 16.1 Å². The number of hydrogen-bond acceptors (Lipinski definition) is 4. The molecule has 1 N–H and O–H groups in total. The maximum Gasteiger partial charge on any atom is 0.246 e. The normalized spacial score (nSPS) is 22.6. The molecule has 0 spiro atoms. The van der Waals surface area contributed by atoms with Crippen molar-refractivity contribution in [2.24, 2.45) is 0 Å². The smallest absolute Gasteiger partial charge is 0.246 e. The highest BCUT2D eigenvalue weighted by Crippen LogP contribution is 2.17. The summed E-state index contributed by atoms with van der Waals surface area (Å²) in [7, 11) is 1.54. The van der Waals surface area contributed by atoms with Gasteiger partial charge in [-0.3, -0.25) is 9.59 Å². The van der Waals surface area contributed by atoms with E-state index >= 15 is 0 Å². The number of carbonyl (C=O) groups excluding carboxylic acids is 2. The van der Waals surface area contributed by atoms with Gasteiger partial charge >= 0.3 is 0 Å². The molecule has 6 heteroatoms. The molecule has 1 fully saturated rings. The van der Waals surface area contributed by atoms with Gasteiger partial charge in [0, 0.05) is 18.8 Å². The maximum absolute atomic E-state index is 12.3. The van der Waals surface area contributed by atoms with Gasteiger partial charge in [0.2, 0.25) is 17.7 Å². The minimum Gasteiger partial charge on any atom is -0.481 e. The van der Waals surface area contributed by atoms with E-state index in [1.165, 1.54) is 0 Å². The zero-order valence-electron chi connectivity index (χ0n) is 11.9. The Labute approximate surface area is 118 Å². The quantitative estimate of drug-likeness (QED) is 0.880. The number of methoxy groups -OCH3 is 1. The third-order valence-electron chi connectivity index (χ3n) is 3.51. The molecule has 2 rings (SSSR count). The number of piperazine rings is 1. The van der Waals surface area contributed by atoms with Crippen molar-refractivity contribution in [1.29, 1.82) is 0 Å². The van der Waals surface area contributed by atoms with Crippen LogP contribution in [0.1, 0.15) is 25.8 Å². The average Bonchev–Trinajstić information content (AvgIpc) is 2.47. The molecule has 1 aliphatic heterocycles. The van der Waals surface area contributed by atoms with E-state index < -0.39 is 12.1 Å². The van der Waals surface area contributed by atoms with Crippen LogP contribution in [0.3, 0.4) is 0 Å². The molecule has 1 aromatic heterocycles. The number of ether oxygens (including phenoxy) is 1. The molecule has 2 heterocycles. The molecule has 108 valence electrons. The first-order valence-corrected chi connectivity index (χ1v) is 6.66. The lowest BCUT2D eigenvalue weighted by Gasteiger charge is -2.37. The van der Waals surface area contributed by atoms with Gasteiger partial charge in [0.1, 0.15) is 12.1 Å². The molecule has 0 aromatic carbocycles. The van der Waals surface area contributed by atoms with E-state index in [-0.39, 0.29) is 11.8 Å². The second kappa shape index (κ2) is 5.90. The fraction of sp³-hybridized carbons (Fsp3) is 0.500. The Hall–Kier alpha value is -2.11. The van der Waals surface area contributed by atoms with Crippen LogP contribution in [0.4, 0.5) is 0 Å². The molecule has 1 aromatic rings. The summed E-state index contributed by atoms with van der Waals surface area (Å²) in [5.41, 5.74) is 0.890. The molecule has 0 radical (unpaired) electrons. The first-order valence-electron chi connectivity index (χ1n) is 6.66. The van der Waals surface area contributed by atoms with Crippen molar-refractivity contribution in [3.8, 4) is 5.88 Å². The molecule has 0 bridgehead atoms. The largest absolute Gasteiger partial charge is 0.481 e. The van der Waals surface area contributed by atoms with Gasteiger partial charge in [0.25, 0.3) is 0 Å². The van der Waals surface area contributed by atoms with E-state index in [0.717, 1.165) is 5.56 Å². The first-order chi connectivity index (χ1) is 9.56. The molecule has 1 aliphatic rings. The summed E-state index contributed by atoms with van der Waals surface area (Å²) >= 11 is 0. The topological polar surface area (TPSA) is 71.5 Å². The highest BCUT2D eigenvalue weighted by atomic mass is 16.5. The monoisotopic (exact) mass is 277 g/mol. The molecule has 20 heavy (non-hydrogen) atoms. The standard InChI is InChI=1S/C14H19N3O3/c1-4-11-14(19)17(9(2)13(18)16-11)8-10-5-6-15-12(7-10)20-3/h5-7,9,11H,4,8H2,1-3H3,(H,16,18). The SMILES string of the molecule is CCC1NC(=O)C(C)N(Cc2ccnc(OC)c2)C1=O. The van der Waals surface area contributed by atoms with Crippen molar-refractivity contribution in [3.63, 3.8) is 0 Å². The molecular formula is C14H19N3O3. The van der Waals surface area contributed by atoms with Crippen LogP contribution >= 0.6 is 0 Å². The third kappa shape index (κ3) is 2.74. The number of rotatable bonds is 4. The molecule has 2 unspecified atom stereocenters. The number of hydrogen-bond donors (Lipinski definition) is 1. The van der Waals surface area contributed by atoms with Crippen LogP contribution in [-0.4, -0.2) is 40.9 Å². The highest BCUT2D eigenvalue weighted by molar-refractivity contribution is 5.96. The Bertz CT molecular complexity index is 518. The van der Waals surface area contributed by atoms with Gasteiger partial charge in [-0.25, -0.2) is 4.98 Å². The maximum atomic E-state index is 12.3. The van der Waals surface area contributed by atoms with Crippen LogP contribution in [0.25, 0.3) is 0 Å². The van der Waals surface area contributed by atoms with Gasteiger partial charge in [0.05, 0.1) is 7.11 Å². The van der Waals surface area contributed by atoms with Crippen LogP contribution in [0, 0.1) is 0 Å². The fourth-order valence-electron chi connectivity index (χ4n) is 2.24. The third-order valence-corrected chi connectivity index (χ3v) is 3.51. The molecule has 0 saturated carbocycles. The van der Waals surface area contributed by atoms with Gasteiger partial charge in [-0.05, 0) is 25.0 Å². The lowest BCUT2D eigenvalue weighted by molar-refractivity contribution is -0.149. The molecule has 1 saturated heterocycles. The summed E-state index contributed by atoms with van der Waals surface area (Å²) in [4.78, 5) is 29.9. The zero-order chi connectivity index (χ0) is 14.7. The van der Waals surface area contributed by atoms with Crippen molar-refractivity contribution in [2.75, 3.05) is 7.11 Å². The Balaban J connectivity index is 2.20. The Morgan fingerprint density at radius 3 is 2.85 bits per heavy atom. The van der Waals surface area contributed by atoms with Crippen molar-refractivity contribution < 1.29 is 14.3 Å². The number of pyridine rings is 1. The van der Waals surface area contributed by atoms with Gasteiger partial charge in [-0.2, -0.15) is 0 Å². The van der Waals surface area contributed by atoms with Crippen LogP contribution in [0.5, 0.6) is 5.88 Å². The number of nitrogens with one attached hydrogen (secondary N) is 1. The van der Waals surface area contributed by atoms with E-state index in [1.54, 1.807) is 31.2 Å². The molecule has 2 amide bonds. The average molecular weight is 277 g/mol. The summed E-state index contributed by atoms with van der Waals surface area (Å²) in [6.45, 7) is 3.99. The van der Waals surface area contributed by atoms with Gasteiger partial charge < -0.3 is 15.0 Å². The van der Waals surface area contributed by atoms with E-state index in [9.17, 15) is 9.59 Å². The highest BCUT2D eigenvalue weighted by Gasteiger charge is 2.36. The van der Waals surface area contributed by atoms with Crippen LogP contribution < -0.4 is 10.1 Å². The number of carbonyl (C=O) groups is 2. The summed E-state index contributed by atoms with van der Waals surface area (Å²) in [6, 6.07) is 2.69. The second-order valence-corrected chi connectivity index (χ2v) is 4.82. The predicted molar refractivity (Wildman–Crippen MR) is 73.0 cm³/mol. The lowest BCUT2D eigenvalue weighted by atomic mass is 10.1.